The van der Waals surface area contributed by atoms with Crippen molar-refractivity contribution in [1.82, 2.24) is 9.88 Å². The van der Waals surface area contributed by atoms with Crippen molar-refractivity contribution in [1.29, 1.82) is 0 Å². The zero-order chi connectivity index (χ0) is 12.7. The molecular formula is C14H25N3. The van der Waals surface area contributed by atoms with Gasteiger partial charge in [0.2, 0.25) is 0 Å². The highest BCUT2D eigenvalue weighted by Gasteiger charge is 2.01. The van der Waals surface area contributed by atoms with Crippen LogP contribution in [0.15, 0.2) is 18.3 Å². The second kappa shape index (κ2) is 7.28. The van der Waals surface area contributed by atoms with Gasteiger partial charge in [0, 0.05) is 18.8 Å². The standard InChI is InChI=1S/C14H25N3/c1-12(2)17(4)10-6-5-8-15-14-11-13(3)7-9-16-14/h7,9,11-12H,5-6,8,10H2,1-4H3,(H,15,16). The molecule has 3 heteroatoms. The Labute approximate surface area is 105 Å². The summed E-state index contributed by atoms with van der Waals surface area (Å²) in [5.41, 5.74) is 1.25. The van der Waals surface area contributed by atoms with E-state index in [0.29, 0.717) is 6.04 Å². The lowest BCUT2D eigenvalue weighted by Gasteiger charge is -2.20. The number of hydrogen-bond acceptors (Lipinski definition) is 3. The number of rotatable bonds is 7. The van der Waals surface area contributed by atoms with E-state index in [4.69, 9.17) is 0 Å². The minimum absolute atomic E-state index is 0.640. The molecule has 0 bridgehead atoms. The number of aryl methyl sites for hydroxylation is 1. The number of unbranched alkanes of at least 4 members (excludes halogenated alkanes) is 1. The molecule has 0 aliphatic rings. The Bertz CT molecular complexity index is 323. The SMILES string of the molecule is Cc1ccnc(NCCCCN(C)C(C)C)c1. The average Bonchev–Trinajstić information content (AvgIpc) is 2.28. The molecule has 17 heavy (non-hydrogen) atoms. The van der Waals surface area contributed by atoms with Crippen molar-refractivity contribution in [2.45, 2.75) is 39.7 Å². The summed E-state index contributed by atoms with van der Waals surface area (Å²) < 4.78 is 0. The monoisotopic (exact) mass is 235 g/mol. The second-order valence-corrected chi connectivity index (χ2v) is 4.93. The Hall–Kier alpha value is -1.09. The first kappa shape index (κ1) is 14.0. The van der Waals surface area contributed by atoms with E-state index in [-0.39, 0.29) is 0 Å². The van der Waals surface area contributed by atoms with Crippen molar-refractivity contribution in [3.63, 3.8) is 0 Å². The van der Waals surface area contributed by atoms with Gasteiger partial charge in [0.25, 0.3) is 0 Å². The number of nitrogens with one attached hydrogen (secondary N) is 1. The van der Waals surface area contributed by atoms with Crippen LogP contribution in [0.25, 0.3) is 0 Å². The predicted molar refractivity (Wildman–Crippen MR) is 74.5 cm³/mol. The van der Waals surface area contributed by atoms with E-state index in [9.17, 15) is 0 Å². The largest absolute Gasteiger partial charge is 0.370 e. The summed E-state index contributed by atoms with van der Waals surface area (Å²) in [5.74, 6) is 0.988. The number of hydrogen-bond donors (Lipinski definition) is 1. The zero-order valence-electron chi connectivity index (χ0n) is 11.5. The molecule has 1 aromatic heterocycles. The Balaban J connectivity index is 2.12. The molecule has 0 aromatic carbocycles. The maximum atomic E-state index is 4.28. The fraction of sp³-hybridized carbons (Fsp3) is 0.643. The molecular weight excluding hydrogens is 210 g/mol. The fourth-order valence-electron chi connectivity index (χ4n) is 1.59. The van der Waals surface area contributed by atoms with E-state index in [1.807, 2.05) is 12.3 Å². The van der Waals surface area contributed by atoms with Gasteiger partial charge in [0.1, 0.15) is 5.82 Å². The summed E-state index contributed by atoms with van der Waals surface area (Å²) in [4.78, 5) is 6.66. The molecule has 0 aliphatic heterocycles. The van der Waals surface area contributed by atoms with Crippen LogP contribution in [-0.2, 0) is 0 Å². The van der Waals surface area contributed by atoms with Crippen LogP contribution in [0, 0.1) is 6.92 Å². The maximum absolute atomic E-state index is 4.28. The summed E-state index contributed by atoms with van der Waals surface area (Å²) in [5, 5.41) is 3.36. The molecule has 1 heterocycles. The number of nitrogens with zero attached hydrogens (tertiary/aromatic N) is 2. The third-order valence-electron chi connectivity index (χ3n) is 3.04. The molecule has 0 atom stereocenters. The van der Waals surface area contributed by atoms with Gasteiger partial charge in [-0.15, -0.1) is 0 Å². The van der Waals surface area contributed by atoms with Gasteiger partial charge in [-0.3, -0.25) is 0 Å². The molecule has 0 amide bonds. The van der Waals surface area contributed by atoms with Crippen molar-refractivity contribution in [3.05, 3.63) is 23.9 Å². The molecule has 0 unspecified atom stereocenters. The summed E-state index contributed by atoms with van der Waals surface area (Å²) in [6, 6.07) is 4.74. The maximum Gasteiger partial charge on any atom is 0.126 e. The van der Waals surface area contributed by atoms with E-state index >= 15 is 0 Å². The molecule has 0 aliphatic carbocycles. The molecule has 0 saturated heterocycles. The van der Waals surface area contributed by atoms with Crippen LogP contribution in [-0.4, -0.2) is 36.1 Å². The van der Waals surface area contributed by atoms with Crippen molar-refractivity contribution >= 4 is 5.82 Å². The average molecular weight is 235 g/mol. The number of aromatic nitrogens is 1. The van der Waals surface area contributed by atoms with Crippen LogP contribution < -0.4 is 5.32 Å². The van der Waals surface area contributed by atoms with Gasteiger partial charge >= 0.3 is 0 Å². The van der Waals surface area contributed by atoms with Gasteiger partial charge in [0.05, 0.1) is 0 Å². The van der Waals surface area contributed by atoms with Crippen LogP contribution in [0.4, 0.5) is 5.82 Å². The summed E-state index contributed by atoms with van der Waals surface area (Å²) in [6.07, 6.45) is 4.27. The van der Waals surface area contributed by atoms with E-state index in [2.05, 4.69) is 49.1 Å². The van der Waals surface area contributed by atoms with Crippen molar-refractivity contribution in [2.24, 2.45) is 0 Å². The van der Waals surface area contributed by atoms with Crippen molar-refractivity contribution in [2.75, 3.05) is 25.5 Å². The third kappa shape index (κ3) is 5.68. The molecule has 0 spiro atoms. The van der Waals surface area contributed by atoms with Crippen molar-refractivity contribution < 1.29 is 0 Å². The highest BCUT2D eigenvalue weighted by molar-refractivity contribution is 5.36. The molecule has 0 fully saturated rings. The van der Waals surface area contributed by atoms with E-state index in [0.717, 1.165) is 12.4 Å². The second-order valence-electron chi connectivity index (χ2n) is 4.93. The molecule has 0 radical (unpaired) electrons. The van der Waals surface area contributed by atoms with Gasteiger partial charge in [-0.2, -0.15) is 0 Å². The Morgan fingerprint density at radius 3 is 2.76 bits per heavy atom. The first-order valence-corrected chi connectivity index (χ1v) is 6.46. The van der Waals surface area contributed by atoms with Gasteiger partial charge in [-0.1, -0.05) is 0 Å². The molecule has 0 saturated carbocycles. The first-order chi connectivity index (χ1) is 8.09. The quantitative estimate of drug-likeness (QED) is 0.737. The number of anilines is 1. The lowest BCUT2D eigenvalue weighted by molar-refractivity contribution is 0.269. The Kier molecular flexibility index (Phi) is 5.98. The first-order valence-electron chi connectivity index (χ1n) is 6.46. The molecule has 1 rings (SSSR count). The van der Waals surface area contributed by atoms with Gasteiger partial charge in [-0.25, -0.2) is 4.98 Å². The molecule has 96 valence electrons. The van der Waals surface area contributed by atoms with Gasteiger partial charge in [0.15, 0.2) is 0 Å². The van der Waals surface area contributed by atoms with E-state index in [1.165, 1.54) is 24.9 Å². The van der Waals surface area contributed by atoms with Crippen LogP contribution in [0.2, 0.25) is 0 Å². The summed E-state index contributed by atoms with van der Waals surface area (Å²) in [6.45, 7) is 8.72. The van der Waals surface area contributed by atoms with Gasteiger partial charge < -0.3 is 10.2 Å². The highest BCUT2D eigenvalue weighted by atomic mass is 15.1. The van der Waals surface area contributed by atoms with Crippen LogP contribution >= 0.6 is 0 Å². The Morgan fingerprint density at radius 2 is 2.12 bits per heavy atom. The third-order valence-corrected chi connectivity index (χ3v) is 3.04. The smallest absolute Gasteiger partial charge is 0.126 e. The molecule has 1 N–H and O–H groups in total. The summed E-state index contributed by atoms with van der Waals surface area (Å²) in [7, 11) is 2.18. The van der Waals surface area contributed by atoms with Gasteiger partial charge in [-0.05, 0) is 64.9 Å². The lowest BCUT2D eigenvalue weighted by Crippen LogP contribution is -2.27. The van der Waals surface area contributed by atoms with Crippen molar-refractivity contribution in [3.8, 4) is 0 Å². The minimum atomic E-state index is 0.640. The molecule has 1 aromatic rings. The lowest BCUT2D eigenvalue weighted by atomic mass is 10.2. The molecule has 3 nitrogen and oxygen atoms in total. The summed E-state index contributed by atoms with van der Waals surface area (Å²) >= 11 is 0. The topological polar surface area (TPSA) is 28.2 Å². The normalized spacial score (nSPS) is 11.2. The highest BCUT2D eigenvalue weighted by Crippen LogP contribution is 2.05. The minimum Gasteiger partial charge on any atom is -0.370 e. The fourth-order valence-corrected chi connectivity index (χ4v) is 1.59. The van der Waals surface area contributed by atoms with Crippen LogP contribution in [0.5, 0.6) is 0 Å². The number of pyridine rings is 1. The Morgan fingerprint density at radius 1 is 1.35 bits per heavy atom. The zero-order valence-corrected chi connectivity index (χ0v) is 11.5. The van der Waals surface area contributed by atoms with E-state index in [1.54, 1.807) is 0 Å². The van der Waals surface area contributed by atoms with Crippen LogP contribution in [0.1, 0.15) is 32.3 Å². The predicted octanol–water partition coefficient (Wildman–Crippen LogP) is 2.92. The van der Waals surface area contributed by atoms with E-state index < -0.39 is 0 Å². The van der Waals surface area contributed by atoms with Crippen LogP contribution in [0.3, 0.4) is 0 Å².